The van der Waals surface area contributed by atoms with Gasteiger partial charge in [-0.05, 0) is 29.8 Å². The van der Waals surface area contributed by atoms with Crippen molar-refractivity contribution in [3.05, 3.63) is 53.1 Å². The zero-order valence-corrected chi connectivity index (χ0v) is 11.4. The van der Waals surface area contributed by atoms with Crippen molar-refractivity contribution in [3.63, 3.8) is 0 Å². The molecule has 8 heteroatoms. The van der Waals surface area contributed by atoms with Crippen LogP contribution in [0.5, 0.6) is 5.75 Å². The molecule has 0 aliphatic rings. The van der Waals surface area contributed by atoms with Crippen LogP contribution in [-0.2, 0) is 6.18 Å². The van der Waals surface area contributed by atoms with Crippen LogP contribution >= 0.6 is 11.6 Å². The fourth-order valence-corrected chi connectivity index (χ4v) is 2.09. The molecule has 118 valence electrons. The average molecular weight is 341 g/mol. The molecule has 0 heterocycles. The van der Waals surface area contributed by atoms with E-state index < -0.39 is 23.9 Å². The second kappa shape index (κ2) is 5.72. The predicted molar refractivity (Wildman–Crippen MR) is 68.6 cm³/mol. The largest absolute Gasteiger partial charge is 0.573 e. The van der Waals surface area contributed by atoms with Crippen molar-refractivity contribution in [1.82, 2.24) is 0 Å². The van der Waals surface area contributed by atoms with E-state index in [0.717, 1.165) is 30.3 Å². The molecule has 22 heavy (non-hydrogen) atoms. The van der Waals surface area contributed by atoms with Crippen molar-refractivity contribution in [1.29, 1.82) is 0 Å². The highest BCUT2D eigenvalue weighted by atomic mass is 35.5. The summed E-state index contributed by atoms with van der Waals surface area (Å²) in [5.74, 6) is -0.649. The summed E-state index contributed by atoms with van der Waals surface area (Å²) >= 11 is 5.82. The van der Waals surface area contributed by atoms with E-state index in [1.807, 2.05) is 0 Å². The Morgan fingerprint density at radius 1 is 0.818 bits per heavy atom. The van der Waals surface area contributed by atoms with E-state index in [9.17, 15) is 26.3 Å². The summed E-state index contributed by atoms with van der Waals surface area (Å²) in [7, 11) is 0. The fourth-order valence-electron chi connectivity index (χ4n) is 1.87. The molecular formula is C14H7ClF6O. The molecule has 0 aromatic heterocycles. The van der Waals surface area contributed by atoms with Crippen LogP contribution < -0.4 is 4.74 Å². The first-order valence-electron chi connectivity index (χ1n) is 5.80. The normalized spacial score (nSPS) is 12.3. The summed E-state index contributed by atoms with van der Waals surface area (Å²) in [5.41, 5.74) is -1.52. The van der Waals surface area contributed by atoms with Gasteiger partial charge in [-0.15, -0.1) is 13.2 Å². The lowest BCUT2D eigenvalue weighted by Crippen LogP contribution is -2.17. The molecular weight excluding hydrogens is 334 g/mol. The Morgan fingerprint density at radius 3 is 2.05 bits per heavy atom. The van der Waals surface area contributed by atoms with Crippen LogP contribution in [0.2, 0.25) is 5.02 Å². The average Bonchev–Trinajstić information content (AvgIpc) is 2.38. The third kappa shape index (κ3) is 3.85. The summed E-state index contributed by atoms with van der Waals surface area (Å²) in [6, 6.07) is 7.25. The Balaban J connectivity index is 2.56. The molecule has 0 saturated heterocycles. The van der Waals surface area contributed by atoms with Crippen LogP contribution in [0.3, 0.4) is 0 Å². The Morgan fingerprint density at radius 2 is 1.45 bits per heavy atom. The maximum atomic E-state index is 13.0. The maximum Gasteiger partial charge on any atom is 0.573 e. The highest BCUT2D eigenvalue weighted by Gasteiger charge is 2.34. The van der Waals surface area contributed by atoms with Gasteiger partial charge in [-0.1, -0.05) is 29.8 Å². The minimum Gasteiger partial charge on any atom is -0.406 e. The molecule has 0 atom stereocenters. The molecule has 0 aliphatic carbocycles. The van der Waals surface area contributed by atoms with Crippen molar-refractivity contribution >= 4 is 11.6 Å². The number of rotatable bonds is 2. The van der Waals surface area contributed by atoms with E-state index in [1.54, 1.807) is 0 Å². The number of hydrogen-bond acceptors (Lipinski definition) is 1. The predicted octanol–water partition coefficient (Wildman–Crippen LogP) is 5.92. The summed E-state index contributed by atoms with van der Waals surface area (Å²) in [5, 5.41) is -0.119. The summed E-state index contributed by atoms with van der Waals surface area (Å²) in [6.45, 7) is 0. The van der Waals surface area contributed by atoms with E-state index >= 15 is 0 Å². The van der Waals surface area contributed by atoms with Crippen LogP contribution in [-0.4, -0.2) is 6.36 Å². The van der Waals surface area contributed by atoms with Crippen LogP contribution in [0.25, 0.3) is 11.1 Å². The highest BCUT2D eigenvalue weighted by molar-refractivity contribution is 6.33. The van der Waals surface area contributed by atoms with E-state index in [-0.39, 0.29) is 16.1 Å². The lowest BCUT2D eigenvalue weighted by molar-refractivity contribution is -0.274. The van der Waals surface area contributed by atoms with Gasteiger partial charge >= 0.3 is 12.5 Å². The second-order valence-electron chi connectivity index (χ2n) is 4.23. The van der Waals surface area contributed by atoms with Crippen LogP contribution in [0.4, 0.5) is 26.3 Å². The van der Waals surface area contributed by atoms with Gasteiger partial charge in [0.15, 0.2) is 0 Å². The Hall–Kier alpha value is -1.89. The first-order valence-corrected chi connectivity index (χ1v) is 6.17. The molecule has 0 radical (unpaired) electrons. The number of hydrogen-bond donors (Lipinski definition) is 0. The minimum absolute atomic E-state index is 0.119. The molecule has 1 nitrogen and oxygen atoms in total. The SMILES string of the molecule is FC(F)(F)Oc1ccc(Cl)c(-c2ccccc2C(F)(F)F)c1. The van der Waals surface area contributed by atoms with E-state index in [2.05, 4.69) is 4.74 Å². The molecule has 2 rings (SSSR count). The first-order chi connectivity index (χ1) is 10.1. The molecule has 0 N–H and O–H groups in total. The standard InChI is InChI=1S/C14H7ClF6O/c15-12-6-5-8(22-14(19,20)21)7-10(12)9-3-1-2-4-11(9)13(16,17)18/h1-7H. The van der Waals surface area contributed by atoms with Gasteiger partial charge in [0.05, 0.1) is 5.56 Å². The summed E-state index contributed by atoms with van der Waals surface area (Å²) in [4.78, 5) is 0. The van der Waals surface area contributed by atoms with Gasteiger partial charge < -0.3 is 4.74 Å². The molecule has 0 amide bonds. The zero-order valence-electron chi connectivity index (χ0n) is 10.6. The van der Waals surface area contributed by atoms with Gasteiger partial charge in [0.1, 0.15) is 5.75 Å². The Kier molecular flexibility index (Phi) is 4.28. The number of halogens is 7. The van der Waals surface area contributed by atoms with Gasteiger partial charge in [0.25, 0.3) is 0 Å². The minimum atomic E-state index is -4.95. The number of benzene rings is 2. The molecule has 2 aromatic rings. The van der Waals surface area contributed by atoms with Gasteiger partial charge in [-0.25, -0.2) is 0 Å². The van der Waals surface area contributed by atoms with Crippen LogP contribution in [0, 0.1) is 0 Å². The van der Waals surface area contributed by atoms with Gasteiger partial charge in [0, 0.05) is 10.6 Å². The van der Waals surface area contributed by atoms with Gasteiger partial charge in [-0.2, -0.15) is 13.2 Å². The third-order valence-electron chi connectivity index (χ3n) is 2.69. The Labute approximate surface area is 126 Å². The molecule has 2 aromatic carbocycles. The molecule has 0 saturated carbocycles. The van der Waals surface area contributed by atoms with Crippen molar-refractivity contribution < 1.29 is 31.1 Å². The molecule has 0 aliphatic heterocycles. The van der Waals surface area contributed by atoms with Gasteiger partial charge in [-0.3, -0.25) is 0 Å². The third-order valence-corrected chi connectivity index (χ3v) is 3.02. The summed E-state index contributed by atoms with van der Waals surface area (Å²) < 4.78 is 79.3. The van der Waals surface area contributed by atoms with E-state index in [1.165, 1.54) is 12.1 Å². The summed E-state index contributed by atoms with van der Waals surface area (Å²) in [6.07, 6.45) is -9.62. The lowest BCUT2D eigenvalue weighted by atomic mass is 9.99. The first kappa shape index (κ1) is 16.5. The molecule has 0 spiro atoms. The van der Waals surface area contributed by atoms with Crippen molar-refractivity contribution in [3.8, 4) is 16.9 Å². The maximum absolute atomic E-state index is 13.0. The van der Waals surface area contributed by atoms with Crippen molar-refractivity contribution in [2.75, 3.05) is 0 Å². The topological polar surface area (TPSA) is 9.23 Å². The van der Waals surface area contributed by atoms with Crippen molar-refractivity contribution in [2.24, 2.45) is 0 Å². The van der Waals surface area contributed by atoms with Crippen molar-refractivity contribution in [2.45, 2.75) is 12.5 Å². The highest BCUT2D eigenvalue weighted by Crippen LogP contribution is 2.41. The smallest absolute Gasteiger partial charge is 0.406 e. The number of alkyl halides is 6. The molecule has 0 bridgehead atoms. The molecule has 0 fully saturated rings. The van der Waals surface area contributed by atoms with Crippen LogP contribution in [0.15, 0.2) is 42.5 Å². The number of ether oxygens (including phenoxy) is 1. The fraction of sp³-hybridized carbons (Fsp3) is 0.143. The second-order valence-corrected chi connectivity index (χ2v) is 4.64. The van der Waals surface area contributed by atoms with E-state index in [4.69, 9.17) is 11.6 Å². The lowest BCUT2D eigenvalue weighted by Gasteiger charge is -2.15. The quantitative estimate of drug-likeness (QED) is 0.616. The zero-order chi connectivity index (χ0) is 16.5. The van der Waals surface area contributed by atoms with E-state index in [0.29, 0.717) is 0 Å². The Bertz CT molecular complexity index is 678. The molecule has 0 unspecified atom stereocenters. The monoisotopic (exact) mass is 340 g/mol. The van der Waals surface area contributed by atoms with Gasteiger partial charge in [0.2, 0.25) is 0 Å². The van der Waals surface area contributed by atoms with Crippen LogP contribution in [0.1, 0.15) is 5.56 Å².